The number of carbonyl (C=O) groups is 1. The van der Waals surface area contributed by atoms with E-state index in [9.17, 15) is 4.79 Å². The van der Waals surface area contributed by atoms with Crippen LogP contribution < -0.4 is 11.1 Å². The standard InChI is InChI=1S/C16H16Cl2N2O/c17-14-10-12(19)9-13(15(14)18)16(21)20-8-4-7-11-5-2-1-3-6-11/h1-3,5-6,9-10H,4,7-8,19H2,(H,20,21). The number of anilines is 1. The highest BCUT2D eigenvalue weighted by molar-refractivity contribution is 6.44. The van der Waals surface area contributed by atoms with Crippen molar-refractivity contribution >= 4 is 34.8 Å². The lowest BCUT2D eigenvalue weighted by atomic mass is 10.1. The van der Waals surface area contributed by atoms with Crippen molar-refractivity contribution in [2.75, 3.05) is 12.3 Å². The maximum Gasteiger partial charge on any atom is 0.252 e. The van der Waals surface area contributed by atoms with Crippen LogP contribution in [0.5, 0.6) is 0 Å². The van der Waals surface area contributed by atoms with E-state index in [0.717, 1.165) is 12.8 Å². The van der Waals surface area contributed by atoms with E-state index in [1.807, 2.05) is 18.2 Å². The van der Waals surface area contributed by atoms with Gasteiger partial charge < -0.3 is 11.1 Å². The molecule has 2 rings (SSSR count). The van der Waals surface area contributed by atoms with Crippen LogP contribution in [0.3, 0.4) is 0 Å². The van der Waals surface area contributed by atoms with Gasteiger partial charge in [-0.3, -0.25) is 4.79 Å². The molecule has 0 saturated carbocycles. The first kappa shape index (κ1) is 15.7. The summed E-state index contributed by atoms with van der Waals surface area (Å²) in [5.74, 6) is -0.262. The minimum absolute atomic E-state index is 0.228. The molecule has 0 saturated heterocycles. The molecule has 2 aromatic rings. The van der Waals surface area contributed by atoms with E-state index in [1.54, 1.807) is 0 Å². The summed E-state index contributed by atoms with van der Waals surface area (Å²) in [6.07, 6.45) is 1.76. The van der Waals surface area contributed by atoms with Crippen LogP contribution >= 0.6 is 23.2 Å². The average molecular weight is 323 g/mol. The normalized spacial score (nSPS) is 10.4. The zero-order valence-electron chi connectivity index (χ0n) is 11.4. The smallest absolute Gasteiger partial charge is 0.252 e. The predicted octanol–water partition coefficient (Wildman–Crippen LogP) is 3.94. The van der Waals surface area contributed by atoms with Gasteiger partial charge in [-0.05, 0) is 30.5 Å². The molecule has 0 radical (unpaired) electrons. The number of hydrogen-bond donors (Lipinski definition) is 2. The van der Waals surface area contributed by atoms with Gasteiger partial charge >= 0.3 is 0 Å². The summed E-state index contributed by atoms with van der Waals surface area (Å²) >= 11 is 11.9. The van der Waals surface area contributed by atoms with Crippen molar-refractivity contribution in [1.82, 2.24) is 5.32 Å². The van der Waals surface area contributed by atoms with Gasteiger partial charge in [0.05, 0.1) is 15.6 Å². The molecule has 1 amide bonds. The Morgan fingerprint density at radius 3 is 2.57 bits per heavy atom. The Morgan fingerprint density at radius 1 is 1.14 bits per heavy atom. The average Bonchev–Trinajstić information content (AvgIpc) is 2.48. The summed E-state index contributed by atoms with van der Waals surface area (Å²) in [6.45, 7) is 0.566. The molecule has 3 nitrogen and oxygen atoms in total. The van der Waals surface area contributed by atoms with E-state index < -0.39 is 0 Å². The molecule has 21 heavy (non-hydrogen) atoms. The second-order valence-corrected chi connectivity index (χ2v) is 5.49. The van der Waals surface area contributed by atoms with Gasteiger partial charge in [-0.2, -0.15) is 0 Å². The van der Waals surface area contributed by atoms with Gasteiger partial charge in [-0.1, -0.05) is 53.5 Å². The number of hydrogen-bond acceptors (Lipinski definition) is 2. The summed E-state index contributed by atoms with van der Waals surface area (Å²) in [6, 6.07) is 13.2. The maximum atomic E-state index is 12.1. The quantitative estimate of drug-likeness (QED) is 0.647. The molecule has 0 bridgehead atoms. The lowest BCUT2D eigenvalue weighted by Crippen LogP contribution is -2.25. The Morgan fingerprint density at radius 2 is 1.86 bits per heavy atom. The SMILES string of the molecule is Nc1cc(Cl)c(Cl)c(C(=O)NCCCc2ccccc2)c1. The van der Waals surface area contributed by atoms with Crippen LogP contribution in [0.1, 0.15) is 22.3 Å². The number of halogens is 2. The van der Waals surface area contributed by atoms with E-state index in [-0.39, 0.29) is 16.0 Å². The number of aryl methyl sites for hydroxylation is 1. The highest BCUT2D eigenvalue weighted by Gasteiger charge is 2.13. The second-order valence-electron chi connectivity index (χ2n) is 4.71. The first-order chi connectivity index (χ1) is 10.1. The zero-order chi connectivity index (χ0) is 15.2. The Hall–Kier alpha value is -1.71. The fourth-order valence-corrected chi connectivity index (χ4v) is 2.43. The third-order valence-electron chi connectivity index (χ3n) is 3.07. The summed E-state index contributed by atoms with van der Waals surface area (Å²) in [4.78, 5) is 12.1. The van der Waals surface area contributed by atoms with Gasteiger partial charge in [0.15, 0.2) is 0 Å². The van der Waals surface area contributed by atoms with Crippen molar-refractivity contribution in [2.45, 2.75) is 12.8 Å². The molecule has 0 aromatic heterocycles. The molecule has 0 fully saturated rings. The largest absolute Gasteiger partial charge is 0.399 e. The van der Waals surface area contributed by atoms with E-state index in [2.05, 4.69) is 17.4 Å². The fourth-order valence-electron chi connectivity index (χ4n) is 2.01. The van der Waals surface area contributed by atoms with E-state index in [1.165, 1.54) is 17.7 Å². The third-order valence-corrected chi connectivity index (χ3v) is 3.87. The number of nitrogen functional groups attached to an aromatic ring is 1. The van der Waals surface area contributed by atoms with Gasteiger partial charge in [0, 0.05) is 12.2 Å². The number of benzene rings is 2. The fraction of sp³-hybridized carbons (Fsp3) is 0.188. The highest BCUT2D eigenvalue weighted by atomic mass is 35.5. The number of nitrogens with two attached hydrogens (primary N) is 1. The van der Waals surface area contributed by atoms with Gasteiger partial charge in [0.1, 0.15) is 0 Å². The van der Waals surface area contributed by atoms with Crippen LogP contribution in [-0.4, -0.2) is 12.5 Å². The van der Waals surface area contributed by atoms with Crippen molar-refractivity contribution < 1.29 is 4.79 Å². The third kappa shape index (κ3) is 4.38. The molecule has 0 aliphatic rings. The molecular weight excluding hydrogens is 307 g/mol. The number of carbonyl (C=O) groups excluding carboxylic acids is 1. The molecule has 3 N–H and O–H groups in total. The van der Waals surface area contributed by atoms with Crippen LogP contribution in [0.4, 0.5) is 5.69 Å². The Labute approximate surface area is 134 Å². The Bertz CT molecular complexity index is 630. The van der Waals surface area contributed by atoms with Crippen molar-refractivity contribution in [3.63, 3.8) is 0 Å². The molecule has 0 aliphatic heterocycles. The van der Waals surface area contributed by atoms with Gasteiger partial charge in [0.2, 0.25) is 0 Å². The molecule has 5 heteroatoms. The van der Waals surface area contributed by atoms with Gasteiger partial charge in [-0.15, -0.1) is 0 Å². The number of rotatable bonds is 5. The summed E-state index contributed by atoms with van der Waals surface area (Å²) in [5, 5.41) is 3.34. The summed E-state index contributed by atoms with van der Waals surface area (Å²) in [7, 11) is 0. The molecule has 0 atom stereocenters. The van der Waals surface area contributed by atoms with Crippen LogP contribution in [0, 0.1) is 0 Å². The van der Waals surface area contributed by atoms with Crippen LogP contribution in [-0.2, 0) is 6.42 Å². The van der Waals surface area contributed by atoms with Crippen molar-refractivity contribution in [3.8, 4) is 0 Å². The monoisotopic (exact) mass is 322 g/mol. The first-order valence-electron chi connectivity index (χ1n) is 6.64. The minimum Gasteiger partial charge on any atom is -0.399 e. The lowest BCUT2D eigenvalue weighted by Gasteiger charge is -2.09. The second kappa shape index (κ2) is 7.34. The topological polar surface area (TPSA) is 55.1 Å². The molecular formula is C16H16Cl2N2O. The van der Waals surface area contributed by atoms with Crippen molar-refractivity contribution in [1.29, 1.82) is 0 Å². The summed E-state index contributed by atoms with van der Waals surface area (Å²) < 4.78 is 0. The van der Waals surface area contributed by atoms with Crippen LogP contribution in [0.2, 0.25) is 10.0 Å². The highest BCUT2D eigenvalue weighted by Crippen LogP contribution is 2.28. The molecule has 0 unspecified atom stereocenters. The Kier molecular flexibility index (Phi) is 5.48. The van der Waals surface area contributed by atoms with E-state index in [0.29, 0.717) is 17.8 Å². The predicted molar refractivity (Wildman–Crippen MR) is 88.0 cm³/mol. The van der Waals surface area contributed by atoms with Crippen molar-refractivity contribution in [3.05, 3.63) is 63.6 Å². The summed E-state index contributed by atoms with van der Waals surface area (Å²) in [5.41, 5.74) is 7.64. The van der Waals surface area contributed by atoms with Crippen LogP contribution in [0.25, 0.3) is 0 Å². The molecule has 0 aliphatic carbocycles. The zero-order valence-corrected chi connectivity index (χ0v) is 12.9. The van der Waals surface area contributed by atoms with Gasteiger partial charge in [0.25, 0.3) is 5.91 Å². The van der Waals surface area contributed by atoms with E-state index in [4.69, 9.17) is 28.9 Å². The van der Waals surface area contributed by atoms with Crippen molar-refractivity contribution in [2.24, 2.45) is 0 Å². The molecule has 0 spiro atoms. The number of amides is 1. The lowest BCUT2D eigenvalue weighted by molar-refractivity contribution is 0.0953. The van der Waals surface area contributed by atoms with Crippen LogP contribution in [0.15, 0.2) is 42.5 Å². The molecule has 0 heterocycles. The number of nitrogens with one attached hydrogen (secondary N) is 1. The van der Waals surface area contributed by atoms with E-state index >= 15 is 0 Å². The molecule has 110 valence electrons. The first-order valence-corrected chi connectivity index (χ1v) is 7.40. The Balaban J connectivity index is 1.88. The maximum absolute atomic E-state index is 12.1. The minimum atomic E-state index is -0.262. The van der Waals surface area contributed by atoms with Gasteiger partial charge in [-0.25, -0.2) is 0 Å². The molecule has 2 aromatic carbocycles.